The molecule has 1 N–H and O–H groups in total. The van der Waals surface area contributed by atoms with Crippen LogP contribution in [0.15, 0.2) is 0 Å². The summed E-state index contributed by atoms with van der Waals surface area (Å²) in [5.41, 5.74) is 0.0476. The Labute approximate surface area is 80.8 Å². The van der Waals surface area contributed by atoms with E-state index in [0.717, 1.165) is 26.0 Å². The summed E-state index contributed by atoms with van der Waals surface area (Å²) >= 11 is 0. The molecule has 1 fully saturated rings. The summed E-state index contributed by atoms with van der Waals surface area (Å²) in [4.78, 5) is 0. The second-order valence-corrected chi connectivity index (χ2v) is 3.69. The highest BCUT2D eigenvalue weighted by Gasteiger charge is 2.43. The molecule has 0 radical (unpaired) electrons. The Balaban J connectivity index is 2.49. The lowest BCUT2D eigenvalue weighted by atomic mass is 9.74. The van der Waals surface area contributed by atoms with Gasteiger partial charge in [-0.05, 0) is 25.8 Å². The quantitative estimate of drug-likeness (QED) is 0.677. The van der Waals surface area contributed by atoms with Gasteiger partial charge < -0.3 is 14.8 Å². The van der Waals surface area contributed by atoms with Crippen molar-refractivity contribution < 1.29 is 9.47 Å². The molecule has 13 heavy (non-hydrogen) atoms. The fourth-order valence-corrected chi connectivity index (χ4v) is 2.03. The predicted octanol–water partition coefficient (Wildman–Crippen LogP) is 1.18. The van der Waals surface area contributed by atoms with E-state index in [1.165, 1.54) is 6.42 Å². The van der Waals surface area contributed by atoms with Gasteiger partial charge in [-0.15, -0.1) is 0 Å². The fourth-order valence-electron chi connectivity index (χ4n) is 2.03. The summed E-state index contributed by atoms with van der Waals surface area (Å²) in [7, 11) is 3.55. The Hall–Kier alpha value is -0.120. The molecule has 0 saturated heterocycles. The molecule has 1 rings (SSSR count). The maximum absolute atomic E-state index is 5.60. The molecular weight excluding hydrogens is 166 g/mol. The minimum absolute atomic E-state index is 0.0476. The molecule has 78 valence electrons. The fraction of sp³-hybridized carbons (Fsp3) is 1.00. The predicted molar refractivity (Wildman–Crippen MR) is 52.9 cm³/mol. The van der Waals surface area contributed by atoms with Gasteiger partial charge in [0, 0.05) is 14.2 Å². The third kappa shape index (κ3) is 2.22. The molecule has 1 unspecified atom stereocenters. The van der Waals surface area contributed by atoms with Crippen LogP contribution < -0.4 is 5.32 Å². The summed E-state index contributed by atoms with van der Waals surface area (Å²) < 4.78 is 10.8. The van der Waals surface area contributed by atoms with Gasteiger partial charge in [-0.1, -0.05) is 6.92 Å². The number of methoxy groups -OCH3 is 2. The van der Waals surface area contributed by atoms with Crippen LogP contribution in [0.5, 0.6) is 0 Å². The van der Waals surface area contributed by atoms with E-state index in [1.807, 2.05) is 0 Å². The van der Waals surface area contributed by atoms with Crippen molar-refractivity contribution in [3.05, 3.63) is 0 Å². The zero-order valence-electron chi connectivity index (χ0n) is 8.93. The summed E-state index contributed by atoms with van der Waals surface area (Å²) in [6.07, 6.45) is 3.59. The molecule has 1 atom stereocenters. The average Bonchev–Trinajstić information content (AvgIpc) is 2.04. The Bertz CT molecular complexity index is 134. The van der Waals surface area contributed by atoms with Gasteiger partial charge in [0.2, 0.25) is 0 Å². The summed E-state index contributed by atoms with van der Waals surface area (Å²) in [5, 5.41) is 3.43. The van der Waals surface area contributed by atoms with Crippen molar-refractivity contribution in [2.45, 2.75) is 37.8 Å². The van der Waals surface area contributed by atoms with Crippen LogP contribution in [-0.2, 0) is 9.47 Å². The van der Waals surface area contributed by atoms with Gasteiger partial charge >= 0.3 is 0 Å². The van der Waals surface area contributed by atoms with Crippen molar-refractivity contribution in [3.63, 3.8) is 0 Å². The molecule has 0 aliphatic heterocycles. The van der Waals surface area contributed by atoms with Gasteiger partial charge in [-0.2, -0.15) is 0 Å². The first kappa shape index (κ1) is 11.0. The topological polar surface area (TPSA) is 30.5 Å². The largest absolute Gasteiger partial charge is 0.383 e. The van der Waals surface area contributed by atoms with Crippen LogP contribution in [0.3, 0.4) is 0 Å². The SMILES string of the molecule is CCNC(COC)C1(OC)CCC1. The zero-order valence-corrected chi connectivity index (χ0v) is 8.93. The van der Waals surface area contributed by atoms with Crippen LogP contribution in [0, 0.1) is 0 Å². The molecule has 3 heteroatoms. The molecular formula is C10H21NO2. The average molecular weight is 187 g/mol. The molecule has 0 aromatic rings. The number of likely N-dealkylation sites (N-methyl/N-ethyl adjacent to an activating group) is 1. The minimum atomic E-state index is 0.0476. The van der Waals surface area contributed by atoms with Gasteiger partial charge in [0.05, 0.1) is 18.2 Å². The lowest BCUT2D eigenvalue weighted by Crippen LogP contribution is -2.58. The van der Waals surface area contributed by atoms with E-state index in [1.54, 1.807) is 14.2 Å². The van der Waals surface area contributed by atoms with Gasteiger partial charge in [0.1, 0.15) is 0 Å². The van der Waals surface area contributed by atoms with Crippen LogP contribution in [0.2, 0.25) is 0 Å². The molecule has 0 bridgehead atoms. The number of rotatable bonds is 6. The van der Waals surface area contributed by atoms with Crippen LogP contribution >= 0.6 is 0 Å². The Morgan fingerprint density at radius 1 is 1.38 bits per heavy atom. The monoisotopic (exact) mass is 187 g/mol. The molecule has 1 aliphatic rings. The third-order valence-electron chi connectivity index (χ3n) is 3.03. The Morgan fingerprint density at radius 3 is 2.38 bits per heavy atom. The van der Waals surface area contributed by atoms with Gasteiger partial charge in [-0.3, -0.25) is 0 Å². The lowest BCUT2D eigenvalue weighted by Gasteiger charge is -2.46. The molecule has 1 aliphatic carbocycles. The molecule has 0 heterocycles. The first-order valence-electron chi connectivity index (χ1n) is 5.06. The molecule has 0 aromatic carbocycles. The van der Waals surface area contributed by atoms with E-state index < -0.39 is 0 Å². The molecule has 3 nitrogen and oxygen atoms in total. The first-order chi connectivity index (χ1) is 6.29. The molecule has 0 aromatic heterocycles. The maximum Gasteiger partial charge on any atom is 0.0853 e. The summed E-state index contributed by atoms with van der Waals surface area (Å²) in [6, 6.07) is 0.348. The van der Waals surface area contributed by atoms with E-state index >= 15 is 0 Å². The van der Waals surface area contributed by atoms with E-state index in [2.05, 4.69) is 12.2 Å². The highest BCUT2D eigenvalue weighted by molar-refractivity contribution is 4.99. The summed E-state index contributed by atoms with van der Waals surface area (Å²) in [6.45, 7) is 3.82. The normalized spacial score (nSPS) is 22.4. The van der Waals surface area contributed by atoms with Crippen molar-refractivity contribution in [2.24, 2.45) is 0 Å². The Morgan fingerprint density at radius 2 is 2.08 bits per heavy atom. The van der Waals surface area contributed by atoms with Crippen LogP contribution in [0.4, 0.5) is 0 Å². The molecule has 1 saturated carbocycles. The van der Waals surface area contributed by atoms with Crippen LogP contribution in [0.25, 0.3) is 0 Å². The summed E-state index contributed by atoms with van der Waals surface area (Å²) in [5.74, 6) is 0. The van der Waals surface area contributed by atoms with Crippen LogP contribution in [0.1, 0.15) is 26.2 Å². The number of hydrogen-bond donors (Lipinski definition) is 1. The molecule has 0 spiro atoms. The maximum atomic E-state index is 5.60. The van der Waals surface area contributed by atoms with Crippen molar-refractivity contribution in [1.82, 2.24) is 5.32 Å². The smallest absolute Gasteiger partial charge is 0.0853 e. The highest BCUT2D eigenvalue weighted by atomic mass is 16.5. The Kier molecular flexibility index (Phi) is 4.16. The van der Waals surface area contributed by atoms with Crippen molar-refractivity contribution in [1.29, 1.82) is 0 Å². The number of ether oxygens (including phenoxy) is 2. The van der Waals surface area contributed by atoms with Gasteiger partial charge in [-0.25, -0.2) is 0 Å². The first-order valence-corrected chi connectivity index (χ1v) is 5.06. The van der Waals surface area contributed by atoms with E-state index in [-0.39, 0.29) is 5.60 Å². The zero-order chi connectivity index (χ0) is 9.73. The molecule has 0 amide bonds. The number of nitrogens with one attached hydrogen (secondary N) is 1. The van der Waals surface area contributed by atoms with E-state index in [4.69, 9.17) is 9.47 Å². The van der Waals surface area contributed by atoms with E-state index in [9.17, 15) is 0 Å². The standard InChI is InChI=1S/C10H21NO2/c1-4-11-9(8-12-2)10(13-3)6-5-7-10/h9,11H,4-8H2,1-3H3. The van der Waals surface area contributed by atoms with Crippen LogP contribution in [-0.4, -0.2) is 39.0 Å². The van der Waals surface area contributed by atoms with Crippen molar-refractivity contribution in [2.75, 3.05) is 27.4 Å². The van der Waals surface area contributed by atoms with Crippen molar-refractivity contribution in [3.8, 4) is 0 Å². The second-order valence-electron chi connectivity index (χ2n) is 3.69. The third-order valence-corrected chi connectivity index (χ3v) is 3.03. The second kappa shape index (κ2) is 4.94. The minimum Gasteiger partial charge on any atom is -0.383 e. The van der Waals surface area contributed by atoms with Gasteiger partial charge in [0.25, 0.3) is 0 Å². The van der Waals surface area contributed by atoms with E-state index in [0.29, 0.717) is 6.04 Å². The lowest BCUT2D eigenvalue weighted by molar-refractivity contribution is -0.111. The van der Waals surface area contributed by atoms with Gasteiger partial charge in [0.15, 0.2) is 0 Å². The number of hydrogen-bond acceptors (Lipinski definition) is 3. The highest BCUT2D eigenvalue weighted by Crippen LogP contribution is 2.38. The van der Waals surface area contributed by atoms with Crippen molar-refractivity contribution >= 4 is 0 Å².